The van der Waals surface area contributed by atoms with Crippen molar-refractivity contribution >= 4 is 49.3 Å². The summed E-state index contributed by atoms with van der Waals surface area (Å²) in [6.07, 6.45) is 0. The van der Waals surface area contributed by atoms with Crippen molar-refractivity contribution in [2.45, 2.75) is 0 Å². The van der Waals surface area contributed by atoms with Gasteiger partial charge in [0.2, 0.25) is 0 Å². The molecule has 0 amide bonds. The molecule has 0 atom stereocenters. The molecule has 7 rings (SSSR count). The smallest absolute Gasteiger partial charge is 0.187 e. The Morgan fingerprint density at radius 2 is 1.25 bits per heavy atom. The number of benzene rings is 5. The molecule has 4 nitrogen and oxygen atoms in total. The highest BCUT2D eigenvalue weighted by molar-refractivity contribution is 6.15. The molecule has 7 aromatic rings. The number of nitriles is 1. The monoisotopic (exact) mass is 458 g/mol. The number of hydrogen-bond acceptors (Lipinski definition) is 1. The molecule has 0 aliphatic heterocycles. The third-order valence-corrected chi connectivity index (χ3v) is 6.95. The van der Waals surface area contributed by atoms with Gasteiger partial charge in [0, 0.05) is 27.2 Å². The van der Waals surface area contributed by atoms with Crippen LogP contribution in [0.4, 0.5) is 5.69 Å². The Bertz CT molecular complexity index is 2060. The van der Waals surface area contributed by atoms with E-state index in [2.05, 4.69) is 80.7 Å². The van der Waals surface area contributed by atoms with Gasteiger partial charge in [-0.3, -0.25) is 0 Å². The minimum atomic E-state index is 0.621. The van der Waals surface area contributed by atoms with Gasteiger partial charge in [-0.15, -0.1) is 0 Å². The van der Waals surface area contributed by atoms with E-state index in [-0.39, 0.29) is 0 Å². The third-order valence-electron chi connectivity index (χ3n) is 6.95. The van der Waals surface area contributed by atoms with Crippen LogP contribution in [0.3, 0.4) is 0 Å². The average Bonchev–Trinajstić information content (AvgIpc) is 3.46. The van der Waals surface area contributed by atoms with E-state index in [9.17, 15) is 5.26 Å². The first-order chi connectivity index (χ1) is 17.8. The van der Waals surface area contributed by atoms with Crippen LogP contribution in [-0.2, 0) is 0 Å². The maximum absolute atomic E-state index is 9.54. The molecule has 2 aromatic heterocycles. The fourth-order valence-electron chi connectivity index (χ4n) is 5.43. The Kier molecular flexibility index (Phi) is 4.24. The number of para-hydroxylation sites is 3. The molecule has 0 saturated carbocycles. The fourth-order valence-corrected chi connectivity index (χ4v) is 5.43. The first kappa shape index (κ1) is 20.1. The van der Waals surface area contributed by atoms with Crippen molar-refractivity contribution in [3.63, 3.8) is 0 Å². The Balaban J connectivity index is 1.67. The van der Waals surface area contributed by atoms with Gasteiger partial charge in [0.25, 0.3) is 0 Å². The van der Waals surface area contributed by atoms with Crippen LogP contribution < -0.4 is 0 Å². The minimum Gasteiger partial charge on any atom is -0.307 e. The zero-order valence-electron chi connectivity index (χ0n) is 19.2. The quantitative estimate of drug-likeness (QED) is 0.240. The van der Waals surface area contributed by atoms with Gasteiger partial charge in [0.15, 0.2) is 5.69 Å². The van der Waals surface area contributed by atoms with E-state index in [1.165, 1.54) is 5.39 Å². The van der Waals surface area contributed by atoms with Crippen molar-refractivity contribution in [3.8, 4) is 17.4 Å². The first-order valence-corrected chi connectivity index (χ1v) is 11.7. The molecule has 0 aliphatic carbocycles. The fraction of sp³-hybridized carbons (Fsp3) is 0. The molecule has 0 radical (unpaired) electrons. The van der Waals surface area contributed by atoms with E-state index in [4.69, 9.17) is 6.57 Å². The van der Waals surface area contributed by atoms with Crippen LogP contribution in [0.2, 0.25) is 0 Å². The lowest BCUT2D eigenvalue weighted by Gasteiger charge is -2.14. The summed E-state index contributed by atoms with van der Waals surface area (Å²) in [5.41, 5.74) is 7.71. The molecule has 0 unspecified atom stereocenters. The molecule has 0 saturated heterocycles. The summed E-state index contributed by atoms with van der Waals surface area (Å²) in [4.78, 5) is 3.57. The zero-order chi connectivity index (χ0) is 24.2. The van der Waals surface area contributed by atoms with Gasteiger partial charge in [-0.25, -0.2) is 4.85 Å². The van der Waals surface area contributed by atoms with Crippen LogP contribution >= 0.6 is 0 Å². The normalized spacial score (nSPS) is 11.3. The molecule has 5 aromatic carbocycles. The lowest BCUT2D eigenvalue weighted by molar-refractivity contribution is 1.13. The maximum Gasteiger partial charge on any atom is 0.187 e. The Hall–Kier alpha value is -5.32. The molecule has 4 heteroatoms. The van der Waals surface area contributed by atoms with Crippen molar-refractivity contribution in [3.05, 3.63) is 126 Å². The summed E-state index contributed by atoms with van der Waals surface area (Å²) in [7, 11) is 0. The highest BCUT2D eigenvalue weighted by Crippen LogP contribution is 2.39. The Morgan fingerprint density at radius 3 is 1.97 bits per heavy atom. The summed E-state index contributed by atoms with van der Waals surface area (Å²) < 4.78 is 4.59. The highest BCUT2D eigenvalue weighted by Gasteiger charge is 2.19. The molecule has 0 bridgehead atoms. The van der Waals surface area contributed by atoms with E-state index in [0.717, 1.165) is 49.6 Å². The van der Waals surface area contributed by atoms with Gasteiger partial charge in [0.1, 0.15) is 0 Å². The largest absolute Gasteiger partial charge is 0.307 e. The van der Waals surface area contributed by atoms with E-state index >= 15 is 0 Å². The second-order valence-electron chi connectivity index (χ2n) is 8.85. The molecule has 166 valence electrons. The number of nitrogens with zero attached hydrogens (tertiary/aromatic N) is 4. The molecule has 0 spiro atoms. The summed E-state index contributed by atoms with van der Waals surface area (Å²) in [5.74, 6) is 0. The molecule has 0 aliphatic rings. The predicted octanol–water partition coefficient (Wildman–Crippen LogP) is 8.30. The van der Waals surface area contributed by atoms with Crippen molar-refractivity contribution in [2.24, 2.45) is 0 Å². The van der Waals surface area contributed by atoms with Crippen LogP contribution in [0, 0.1) is 17.9 Å². The molecular formula is C32H18N4. The highest BCUT2D eigenvalue weighted by atomic mass is 15.1. The van der Waals surface area contributed by atoms with Crippen molar-refractivity contribution in [2.75, 3.05) is 0 Å². The molecular weight excluding hydrogens is 440 g/mol. The van der Waals surface area contributed by atoms with Crippen LogP contribution in [0.15, 0.2) is 109 Å². The van der Waals surface area contributed by atoms with Crippen LogP contribution in [0.25, 0.3) is 59.8 Å². The summed E-state index contributed by atoms with van der Waals surface area (Å²) in [6.45, 7) is 7.36. The van der Waals surface area contributed by atoms with Gasteiger partial charge in [-0.05, 0) is 48.5 Å². The van der Waals surface area contributed by atoms with E-state index in [1.54, 1.807) is 0 Å². The van der Waals surface area contributed by atoms with E-state index in [1.807, 2.05) is 48.5 Å². The Morgan fingerprint density at radius 1 is 0.611 bits per heavy atom. The number of aromatic nitrogens is 2. The molecule has 2 heterocycles. The van der Waals surface area contributed by atoms with Gasteiger partial charge in [-0.2, -0.15) is 5.26 Å². The topological polar surface area (TPSA) is 38.0 Å². The lowest BCUT2D eigenvalue weighted by Crippen LogP contribution is -2.00. The van der Waals surface area contributed by atoms with Crippen LogP contribution in [0.5, 0.6) is 0 Å². The lowest BCUT2D eigenvalue weighted by atomic mass is 10.1. The predicted molar refractivity (Wildman–Crippen MR) is 146 cm³/mol. The summed E-state index contributed by atoms with van der Waals surface area (Å²) in [5, 5.41) is 14.1. The van der Waals surface area contributed by atoms with Gasteiger partial charge >= 0.3 is 0 Å². The van der Waals surface area contributed by atoms with Crippen LogP contribution in [-0.4, -0.2) is 9.13 Å². The second-order valence-corrected chi connectivity index (χ2v) is 8.85. The minimum absolute atomic E-state index is 0.621. The number of rotatable bonds is 2. The molecule has 36 heavy (non-hydrogen) atoms. The molecule has 0 N–H and O–H groups in total. The van der Waals surface area contributed by atoms with Gasteiger partial charge in [0.05, 0.1) is 46.0 Å². The standard InChI is InChI=1S/C32H18N4/c1-34-22-14-16-23(17-15-22)35-28-10-4-2-7-24(28)26-9-6-12-31(32(26)35)36-29-11-5-3-8-25(29)27-19-21(20-33)13-18-30(27)36/h2-19H. The van der Waals surface area contributed by atoms with Gasteiger partial charge < -0.3 is 9.13 Å². The van der Waals surface area contributed by atoms with Crippen LogP contribution in [0.1, 0.15) is 5.56 Å². The third kappa shape index (κ3) is 2.73. The van der Waals surface area contributed by atoms with Crippen molar-refractivity contribution in [1.82, 2.24) is 9.13 Å². The molecule has 0 fully saturated rings. The number of fused-ring (bicyclic) bond motifs is 6. The van der Waals surface area contributed by atoms with Gasteiger partial charge in [-0.1, -0.05) is 60.7 Å². The van der Waals surface area contributed by atoms with Crippen molar-refractivity contribution in [1.29, 1.82) is 5.26 Å². The van der Waals surface area contributed by atoms with E-state index < -0.39 is 0 Å². The zero-order valence-corrected chi connectivity index (χ0v) is 19.2. The maximum atomic E-state index is 9.54. The van der Waals surface area contributed by atoms with E-state index in [0.29, 0.717) is 11.3 Å². The SMILES string of the molecule is [C-]#[N+]c1ccc(-n2c3ccccc3c3cccc(-n4c5ccccc5c5cc(C#N)ccc54)c32)cc1. The first-order valence-electron chi connectivity index (χ1n) is 11.7. The summed E-state index contributed by atoms with van der Waals surface area (Å²) >= 11 is 0. The Labute approximate surface area is 207 Å². The average molecular weight is 459 g/mol. The second kappa shape index (κ2) is 7.60. The van der Waals surface area contributed by atoms with Crippen molar-refractivity contribution < 1.29 is 0 Å². The number of hydrogen-bond donors (Lipinski definition) is 0. The summed E-state index contributed by atoms with van der Waals surface area (Å²) in [6, 6.07) is 39.2.